The van der Waals surface area contributed by atoms with E-state index in [2.05, 4.69) is 10.3 Å². The predicted octanol–water partition coefficient (Wildman–Crippen LogP) is 4.17. The molecular weight excluding hydrogens is 342 g/mol. The molecule has 4 rings (SSSR count). The number of aryl methyl sites for hydroxylation is 2. The van der Waals surface area contributed by atoms with Crippen LogP contribution in [-0.2, 0) is 12.8 Å². The highest BCUT2D eigenvalue weighted by molar-refractivity contribution is 7.19. The van der Waals surface area contributed by atoms with Crippen molar-refractivity contribution in [2.24, 2.45) is 5.73 Å². The number of fused-ring (bicyclic) bond motifs is 3. The maximum absolute atomic E-state index is 5.98. The van der Waals surface area contributed by atoms with E-state index in [9.17, 15) is 0 Å². The lowest BCUT2D eigenvalue weighted by atomic mass is 9.98. The summed E-state index contributed by atoms with van der Waals surface area (Å²) in [5, 5.41) is 4.70. The summed E-state index contributed by atoms with van der Waals surface area (Å²) in [5.41, 5.74) is 8.43. The molecule has 1 aliphatic carbocycles. The van der Waals surface area contributed by atoms with Crippen LogP contribution >= 0.6 is 11.3 Å². The Kier molecular flexibility index (Phi) is 5.13. The number of thiophene rings is 1. The Morgan fingerprint density at radius 3 is 2.65 bits per heavy atom. The Hall–Kier alpha value is -2.05. The van der Waals surface area contributed by atoms with Gasteiger partial charge in [0.05, 0.1) is 5.39 Å². The summed E-state index contributed by atoms with van der Waals surface area (Å²) < 4.78 is 0. The Balaban J connectivity index is 1.86. The molecule has 0 bridgehead atoms. The normalized spacial score (nSPS) is 15.9. The molecule has 3 aromatic rings. The van der Waals surface area contributed by atoms with Gasteiger partial charge in [-0.15, -0.1) is 11.3 Å². The van der Waals surface area contributed by atoms with Crippen LogP contribution < -0.4 is 11.1 Å². The smallest absolute Gasteiger partial charge is 0.163 e. The van der Waals surface area contributed by atoms with Crippen molar-refractivity contribution in [3.63, 3.8) is 0 Å². The van der Waals surface area contributed by atoms with Gasteiger partial charge in [0, 0.05) is 35.4 Å². The van der Waals surface area contributed by atoms with Crippen LogP contribution in [-0.4, -0.2) is 27.5 Å². The number of hydrogen-bond donors (Lipinski definition) is 2. The highest BCUT2D eigenvalue weighted by atomic mass is 32.1. The lowest BCUT2D eigenvalue weighted by Crippen LogP contribution is -2.25. The number of rotatable bonds is 4. The molecule has 3 heterocycles. The highest BCUT2D eigenvalue weighted by Crippen LogP contribution is 2.38. The van der Waals surface area contributed by atoms with Crippen molar-refractivity contribution < 1.29 is 0 Å². The van der Waals surface area contributed by atoms with Crippen LogP contribution in [0.4, 0.5) is 5.82 Å². The summed E-state index contributed by atoms with van der Waals surface area (Å²) in [6.07, 6.45) is 11.0. The van der Waals surface area contributed by atoms with Gasteiger partial charge in [-0.3, -0.25) is 4.98 Å². The molecule has 6 heteroatoms. The predicted molar refractivity (Wildman–Crippen MR) is 109 cm³/mol. The molecule has 0 spiro atoms. The Morgan fingerprint density at radius 1 is 1.12 bits per heavy atom. The van der Waals surface area contributed by atoms with Crippen molar-refractivity contribution in [3.8, 4) is 11.4 Å². The van der Waals surface area contributed by atoms with Crippen molar-refractivity contribution in [1.29, 1.82) is 0 Å². The van der Waals surface area contributed by atoms with Gasteiger partial charge < -0.3 is 11.1 Å². The maximum Gasteiger partial charge on any atom is 0.163 e. The first kappa shape index (κ1) is 17.4. The second-order valence-corrected chi connectivity index (χ2v) is 8.17. The van der Waals surface area contributed by atoms with Crippen molar-refractivity contribution in [3.05, 3.63) is 35.0 Å². The molecule has 0 saturated heterocycles. The molecule has 0 aliphatic heterocycles. The molecule has 0 unspecified atom stereocenters. The molecule has 0 amide bonds. The molecule has 0 fully saturated rings. The first-order chi connectivity index (χ1) is 12.7. The average Bonchev–Trinajstić information content (AvgIpc) is 2.97. The molecule has 1 aliphatic rings. The molecule has 0 aromatic carbocycles. The number of hydrogen-bond acceptors (Lipinski definition) is 6. The van der Waals surface area contributed by atoms with E-state index in [4.69, 9.17) is 15.7 Å². The number of nitrogens with one attached hydrogen (secondary N) is 1. The largest absolute Gasteiger partial charge is 0.368 e. The minimum Gasteiger partial charge on any atom is -0.368 e. The number of pyridine rings is 1. The number of aromatic nitrogens is 3. The van der Waals surface area contributed by atoms with Crippen molar-refractivity contribution >= 4 is 27.4 Å². The van der Waals surface area contributed by atoms with Gasteiger partial charge in [0.1, 0.15) is 10.6 Å². The Morgan fingerprint density at radius 2 is 1.88 bits per heavy atom. The van der Waals surface area contributed by atoms with Gasteiger partial charge in [0.25, 0.3) is 0 Å². The van der Waals surface area contributed by atoms with Crippen LogP contribution in [0.3, 0.4) is 0 Å². The molecule has 0 saturated carbocycles. The number of nitrogens with zero attached hydrogens (tertiary/aromatic N) is 3. The van der Waals surface area contributed by atoms with Gasteiger partial charge in [-0.25, -0.2) is 9.97 Å². The van der Waals surface area contributed by atoms with Gasteiger partial charge in [-0.1, -0.05) is 12.8 Å². The van der Waals surface area contributed by atoms with E-state index in [0.717, 1.165) is 34.9 Å². The molecule has 136 valence electrons. The fourth-order valence-electron chi connectivity index (χ4n) is 3.53. The molecule has 0 radical (unpaired) electrons. The van der Waals surface area contributed by atoms with Crippen LogP contribution in [0.1, 0.15) is 43.0 Å². The fraction of sp³-hybridized carbons (Fsp3) is 0.450. The van der Waals surface area contributed by atoms with Gasteiger partial charge >= 0.3 is 0 Å². The zero-order chi connectivity index (χ0) is 17.9. The molecular formula is C20H25N5S. The molecule has 3 aromatic heterocycles. The van der Waals surface area contributed by atoms with Gasteiger partial charge in [-0.05, 0) is 50.3 Å². The van der Waals surface area contributed by atoms with E-state index in [-0.39, 0.29) is 6.04 Å². The third-order valence-corrected chi connectivity index (χ3v) is 6.03. The highest BCUT2D eigenvalue weighted by Gasteiger charge is 2.20. The SMILES string of the molecule is C[C@@H](N)CNc1nc(-c2ccncc2)nc2sc3c(c12)CCCCCC3. The van der Waals surface area contributed by atoms with Crippen molar-refractivity contribution in [1.82, 2.24) is 15.0 Å². The monoisotopic (exact) mass is 367 g/mol. The van der Waals surface area contributed by atoms with Gasteiger partial charge in [0.2, 0.25) is 0 Å². The van der Waals surface area contributed by atoms with Crippen molar-refractivity contribution in [2.75, 3.05) is 11.9 Å². The summed E-state index contributed by atoms with van der Waals surface area (Å²) >= 11 is 1.84. The van der Waals surface area contributed by atoms with E-state index in [1.807, 2.05) is 30.4 Å². The summed E-state index contributed by atoms with van der Waals surface area (Å²) in [4.78, 5) is 16.5. The van der Waals surface area contributed by atoms with Gasteiger partial charge in [0.15, 0.2) is 5.82 Å². The van der Waals surface area contributed by atoms with E-state index in [1.54, 1.807) is 12.4 Å². The number of nitrogens with two attached hydrogens (primary N) is 1. The Labute approximate surface area is 158 Å². The zero-order valence-corrected chi connectivity index (χ0v) is 16.0. The average molecular weight is 368 g/mol. The quantitative estimate of drug-likeness (QED) is 0.724. The lowest BCUT2D eigenvalue weighted by molar-refractivity contribution is 0.624. The third kappa shape index (κ3) is 3.57. The summed E-state index contributed by atoms with van der Waals surface area (Å²) in [6, 6.07) is 3.99. The maximum atomic E-state index is 5.98. The first-order valence-electron chi connectivity index (χ1n) is 9.44. The van der Waals surface area contributed by atoms with Crippen LogP contribution in [0.25, 0.3) is 21.6 Å². The molecule has 1 atom stereocenters. The van der Waals surface area contributed by atoms with E-state index in [0.29, 0.717) is 6.54 Å². The van der Waals surface area contributed by atoms with Crippen LogP contribution in [0, 0.1) is 0 Å². The minimum absolute atomic E-state index is 0.0739. The third-order valence-electron chi connectivity index (χ3n) is 4.84. The zero-order valence-electron chi connectivity index (χ0n) is 15.2. The molecule has 3 N–H and O–H groups in total. The Bertz CT molecular complexity index is 888. The van der Waals surface area contributed by atoms with E-state index >= 15 is 0 Å². The van der Waals surface area contributed by atoms with Gasteiger partial charge in [-0.2, -0.15) is 0 Å². The molecule has 26 heavy (non-hydrogen) atoms. The second kappa shape index (κ2) is 7.68. The van der Waals surface area contributed by atoms with E-state index in [1.165, 1.54) is 41.5 Å². The second-order valence-electron chi connectivity index (χ2n) is 7.09. The van der Waals surface area contributed by atoms with Crippen LogP contribution in [0.15, 0.2) is 24.5 Å². The first-order valence-corrected chi connectivity index (χ1v) is 10.3. The minimum atomic E-state index is 0.0739. The fourth-order valence-corrected chi connectivity index (χ4v) is 4.79. The van der Waals surface area contributed by atoms with Crippen molar-refractivity contribution in [2.45, 2.75) is 51.5 Å². The standard InChI is InChI=1S/C20H25N5S/c1-13(21)12-23-19-17-15-6-4-2-3-5-7-16(15)26-20(17)25-18(24-19)14-8-10-22-11-9-14/h8-11,13H,2-7,12,21H2,1H3,(H,23,24,25)/t13-/m1/s1. The summed E-state index contributed by atoms with van der Waals surface area (Å²) in [6.45, 7) is 2.71. The summed E-state index contributed by atoms with van der Waals surface area (Å²) in [5.74, 6) is 1.68. The van der Waals surface area contributed by atoms with Crippen LogP contribution in [0.2, 0.25) is 0 Å². The topological polar surface area (TPSA) is 76.7 Å². The van der Waals surface area contributed by atoms with E-state index < -0.39 is 0 Å². The molecule has 5 nitrogen and oxygen atoms in total. The van der Waals surface area contributed by atoms with Crippen LogP contribution in [0.5, 0.6) is 0 Å². The summed E-state index contributed by atoms with van der Waals surface area (Å²) in [7, 11) is 0. The lowest BCUT2D eigenvalue weighted by Gasteiger charge is -2.13. The number of anilines is 1.